The molecular weight excluding hydrogens is 256 g/mol. The Morgan fingerprint density at radius 2 is 2.00 bits per heavy atom. The molecule has 0 saturated carbocycles. The summed E-state index contributed by atoms with van der Waals surface area (Å²) in [5.41, 5.74) is 5.63. The van der Waals surface area contributed by atoms with Crippen LogP contribution in [0.1, 0.15) is 33.6 Å². The van der Waals surface area contributed by atoms with Gasteiger partial charge in [0, 0.05) is 13.2 Å². The van der Waals surface area contributed by atoms with Gasteiger partial charge in [0.25, 0.3) is 0 Å². The van der Waals surface area contributed by atoms with E-state index in [0.29, 0.717) is 18.9 Å². The number of halogens is 1. The van der Waals surface area contributed by atoms with Gasteiger partial charge in [-0.2, -0.15) is 0 Å². The summed E-state index contributed by atoms with van der Waals surface area (Å²) >= 11 is 0. The molecule has 0 rings (SSSR count). The second-order valence-corrected chi connectivity index (χ2v) is 4.73. The highest BCUT2D eigenvalue weighted by Crippen LogP contribution is 1.95. The molecule has 0 aliphatic rings. The molecule has 5 nitrogen and oxygen atoms in total. The zero-order valence-electron chi connectivity index (χ0n) is 11.5. The van der Waals surface area contributed by atoms with Crippen LogP contribution in [0.4, 0.5) is 0 Å². The normalized spacial score (nSPS) is 13.9. The second-order valence-electron chi connectivity index (χ2n) is 4.73. The summed E-state index contributed by atoms with van der Waals surface area (Å²) in [4.78, 5) is 11.4. The van der Waals surface area contributed by atoms with Crippen molar-refractivity contribution in [2.75, 3.05) is 19.8 Å². The molecule has 18 heavy (non-hydrogen) atoms. The number of ether oxygens (including phenoxy) is 1. The van der Waals surface area contributed by atoms with E-state index in [1.807, 2.05) is 20.8 Å². The van der Waals surface area contributed by atoms with Gasteiger partial charge >= 0.3 is 0 Å². The number of carbonyl (C=O) groups is 1. The van der Waals surface area contributed by atoms with Gasteiger partial charge in [-0.25, -0.2) is 0 Å². The third-order valence-corrected chi connectivity index (χ3v) is 2.21. The summed E-state index contributed by atoms with van der Waals surface area (Å²) in [7, 11) is 0. The van der Waals surface area contributed by atoms with Crippen LogP contribution in [0.2, 0.25) is 0 Å². The predicted molar refractivity (Wildman–Crippen MR) is 74.8 cm³/mol. The smallest absolute Gasteiger partial charge is 0.237 e. The SMILES string of the molecule is CCCC(N)C(=O)NCC(O)COCC(C)C.Cl. The molecule has 4 N–H and O–H groups in total. The van der Waals surface area contributed by atoms with E-state index in [2.05, 4.69) is 5.32 Å². The predicted octanol–water partition coefficient (Wildman–Crippen LogP) is 0.685. The number of hydrogen-bond donors (Lipinski definition) is 3. The Balaban J connectivity index is 0. The summed E-state index contributed by atoms with van der Waals surface area (Å²) in [5.74, 6) is 0.226. The van der Waals surface area contributed by atoms with Crippen molar-refractivity contribution in [3.63, 3.8) is 0 Å². The van der Waals surface area contributed by atoms with Crippen LogP contribution in [0.3, 0.4) is 0 Å². The first-order valence-corrected chi connectivity index (χ1v) is 6.26. The monoisotopic (exact) mass is 282 g/mol. The molecule has 0 aliphatic carbocycles. The molecule has 0 aliphatic heterocycles. The zero-order valence-corrected chi connectivity index (χ0v) is 12.3. The minimum atomic E-state index is -0.675. The summed E-state index contributed by atoms with van der Waals surface area (Å²) in [6.45, 7) is 7.09. The quantitative estimate of drug-likeness (QED) is 0.581. The van der Waals surface area contributed by atoms with E-state index in [1.165, 1.54) is 0 Å². The van der Waals surface area contributed by atoms with E-state index in [9.17, 15) is 9.90 Å². The van der Waals surface area contributed by atoms with Crippen LogP contribution in [0.15, 0.2) is 0 Å². The fourth-order valence-corrected chi connectivity index (χ4v) is 1.29. The van der Waals surface area contributed by atoms with Crippen LogP contribution in [0.25, 0.3) is 0 Å². The minimum Gasteiger partial charge on any atom is -0.389 e. The maximum absolute atomic E-state index is 11.4. The van der Waals surface area contributed by atoms with Crippen molar-refractivity contribution >= 4 is 18.3 Å². The third kappa shape index (κ3) is 10.8. The van der Waals surface area contributed by atoms with Gasteiger partial charge in [-0.1, -0.05) is 27.2 Å². The lowest BCUT2D eigenvalue weighted by molar-refractivity contribution is -0.123. The molecule has 0 fully saturated rings. The Kier molecular flexibility index (Phi) is 13.0. The first kappa shape index (κ1) is 20.0. The molecule has 0 radical (unpaired) electrons. The molecule has 6 heteroatoms. The number of hydrogen-bond acceptors (Lipinski definition) is 4. The van der Waals surface area contributed by atoms with Crippen molar-refractivity contribution in [3.05, 3.63) is 0 Å². The highest BCUT2D eigenvalue weighted by molar-refractivity contribution is 5.85. The average Bonchev–Trinajstić information content (AvgIpc) is 2.25. The molecule has 0 saturated heterocycles. The Morgan fingerprint density at radius 3 is 2.50 bits per heavy atom. The van der Waals surface area contributed by atoms with Gasteiger partial charge in [0.15, 0.2) is 0 Å². The lowest BCUT2D eigenvalue weighted by Gasteiger charge is -2.15. The second kappa shape index (κ2) is 11.7. The highest BCUT2D eigenvalue weighted by Gasteiger charge is 2.13. The van der Waals surface area contributed by atoms with Crippen molar-refractivity contribution in [3.8, 4) is 0 Å². The van der Waals surface area contributed by atoms with Gasteiger partial charge in [0.1, 0.15) is 0 Å². The number of nitrogens with one attached hydrogen (secondary N) is 1. The molecule has 110 valence electrons. The molecular formula is C12H27ClN2O3. The van der Waals surface area contributed by atoms with E-state index in [0.717, 1.165) is 6.42 Å². The Labute approximate surface area is 116 Å². The van der Waals surface area contributed by atoms with Crippen LogP contribution >= 0.6 is 12.4 Å². The van der Waals surface area contributed by atoms with E-state index < -0.39 is 12.1 Å². The van der Waals surface area contributed by atoms with Gasteiger partial charge in [-0.3, -0.25) is 4.79 Å². The van der Waals surface area contributed by atoms with E-state index >= 15 is 0 Å². The number of aliphatic hydroxyl groups is 1. The van der Waals surface area contributed by atoms with E-state index in [1.54, 1.807) is 0 Å². The lowest BCUT2D eigenvalue weighted by Crippen LogP contribution is -2.44. The molecule has 0 aromatic rings. The van der Waals surface area contributed by atoms with Crippen molar-refractivity contribution in [1.29, 1.82) is 0 Å². The molecule has 2 atom stereocenters. The molecule has 0 bridgehead atoms. The molecule has 1 amide bonds. The van der Waals surface area contributed by atoms with Crippen molar-refractivity contribution in [2.24, 2.45) is 11.7 Å². The number of carbonyl (C=O) groups excluding carboxylic acids is 1. The van der Waals surface area contributed by atoms with Crippen LogP contribution in [-0.4, -0.2) is 42.9 Å². The molecule has 0 aromatic carbocycles. The molecule has 0 heterocycles. The number of rotatable bonds is 9. The standard InChI is InChI=1S/C12H26N2O3.ClH/c1-4-5-11(13)12(16)14-6-10(15)8-17-7-9(2)3;/h9-11,15H,4-8,13H2,1-3H3,(H,14,16);1H. The van der Waals surface area contributed by atoms with Gasteiger partial charge in [0.2, 0.25) is 5.91 Å². The lowest BCUT2D eigenvalue weighted by atomic mass is 10.1. The number of aliphatic hydroxyl groups excluding tert-OH is 1. The zero-order chi connectivity index (χ0) is 13.3. The van der Waals surface area contributed by atoms with Crippen LogP contribution in [0, 0.1) is 5.92 Å². The topological polar surface area (TPSA) is 84.6 Å². The molecule has 0 aromatic heterocycles. The third-order valence-electron chi connectivity index (χ3n) is 2.21. The van der Waals surface area contributed by atoms with E-state index in [-0.39, 0.29) is 31.5 Å². The van der Waals surface area contributed by atoms with Gasteiger partial charge in [-0.15, -0.1) is 12.4 Å². The maximum Gasteiger partial charge on any atom is 0.237 e. The van der Waals surface area contributed by atoms with Gasteiger partial charge < -0.3 is 20.9 Å². The largest absolute Gasteiger partial charge is 0.389 e. The van der Waals surface area contributed by atoms with Crippen molar-refractivity contribution in [2.45, 2.75) is 45.8 Å². The summed E-state index contributed by atoms with van der Waals surface area (Å²) in [6.07, 6.45) is 0.854. The van der Waals surface area contributed by atoms with Gasteiger partial charge in [-0.05, 0) is 12.3 Å². The van der Waals surface area contributed by atoms with Crippen LogP contribution in [-0.2, 0) is 9.53 Å². The van der Waals surface area contributed by atoms with Crippen LogP contribution < -0.4 is 11.1 Å². The van der Waals surface area contributed by atoms with Crippen molar-refractivity contribution in [1.82, 2.24) is 5.32 Å². The summed E-state index contributed by atoms with van der Waals surface area (Å²) < 4.78 is 5.26. The average molecular weight is 283 g/mol. The molecule has 2 unspecified atom stereocenters. The Bertz CT molecular complexity index is 215. The number of amides is 1. The van der Waals surface area contributed by atoms with E-state index in [4.69, 9.17) is 10.5 Å². The van der Waals surface area contributed by atoms with Crippen LogP contribution in [0.5, 0.6) is 0 Å². The summed E-state index contributed by atoms with van der Waals surface area (Å²) in [5, 5.41) is 12.2. The Morgan fingerprint density at radius 1 is 1.39 bits per heavy atom. The highest BCUT2D eigenvalue weighted by atomic mass is 35.5. The summed E-state index contributed by atoms with van der Waals surface area (Å²) in [6, 6.07) is -0.483. The Hall–Kier alpha value is -0.360. The first-order valence-electron chi connectivity index (χ1n) is 6.26. The maximum atomic E-state index is 11.4. The first-order chi connectivity index (χ1) is 7.97. The molecule has 0 spiro atoms. The fraction of sp³-hybridized carbons (Fsp3) is 0.917. The van der Waals surface area contributed by atoms with Crippen molar-refractivity contribution < 1.29 is 14.6 Å². The van der Waals surface area contributed by atoms with Gasteiger partial charge in [0.05, 0.1) is 18.8 Å². The fourth-order valence-electron chi connectivity index (χ4n) is 1.29. The minimum absolute atomic E-state index is 0. The number of nitrogens with two attached hydrogens (primary N) is 1.